The summed E-state index contributed by atoms with van der Waals surface area (Å²) in [6.07, 6.45) is 3.38. The molecule has 0 aromatic heterocycles. The first-order chi connectivity index (χ1) is 11.7. The van der Waals surface area contributed by atoms with Crippen molar-refractivity contribution in [3.63, 3.8) is 0 Å². The molecule has 2 aromatic rings. The average molecular weight is 324 g/mol. The molecule has 2 aromatic carbocycles. The van der Waals surface area contributed by atoms with Gasteiger partial charge in [0, 0.05) is 18.7 Å². The van der Waals surface area contributed by atoms with Crippen molar-refractivity contribution in [1.82, 2.24) is 4.90 Å². The third kappa shape index (κ3) is 4.36. The first kappa shape index (κ1) is 16.5. The van der Waals surface area contributed by atoms with Crippen LogP contribution in [-0.2, 0) is 13.0 Å². The quantitative estimate of drug-likeness (QED) is 0.831. The van der Waals surface area contributed by atoms with E-state index in [0.717, 1.165) is 31.8 Å². The van der Waals surface area contributed by atoms with Crippen LogP contribution in [0.2, 0.25) is 0 Å². The number of hydrogen-bond acceptors (Lipinski definition) is 3. The van der Waals surface area contributed by atoms with Crippen molar-refractivity contribution in [3.05, 3.63) is 65.2 Å². The van der Waals surface area contributed by atoms with Crippen molar-refractivity contribution in [2.75, 3.05) is 19.7 Å². The van der Waals surface area contributed by atoms with Crippen LogP contribution in [0.3, 0.4) is 0 Å². The molecule has 1 heterocycles. The number of hydrogen-bond donors (Lipinski definition) is 1. The van der Waals surface area contributed by atoms with Gasteiger partial charge in [-0.15, -0.1) is 0 Å². The molecule has 0 spiro atoms. The van der Waals surface area contributed by atoms with Crippen molar-refractivity contribution in [2.24, 2.45) is 5.73 Å². The highest BCUT2D eigenvalue weighted by Crippen LogP contribution is 2.18. The van der Waals surface area contributed by atoms with Crippen LogP contribution in [0.5, 0.6) is 5.75 Å². The van der Waals surface area contributed by atoms with Gasteiger partial charge in [-0.1, -0.05) is 24.3 Å². The van der Waals surface area contributed by atoms with Gasteiger partial charge in [0.15, 0.2) is 0 Å². The Balaban J connectivity index is 1.44. The fraction of sp³-hybridized carbons (Fsp3) is 0.350. The van der Waals surface area contributed by atoms with Crippen molar-refractivity contribution < 1.29 is 9.53 Å². The summed E-state index contributed by atoms with van der Waals surface area (Å²) in [5.41, 5.74) is 8.68. The number of amides is 1. The molecule has 24 heavy (non-hydrogen) atoms. The van der Waals surface area contributed by atoms with Crippen LogP contribution < -0.4 is 10.5 Å². The second kappa shape index (κ2) is 7.97. The maximum absolute atomic E-state index is 11.0. The van der Waals surface area contributed by atoms with Crippen LogP contribution in [0.4, 0.5) is 0 Å². The summed E-state index contributed by atoms with van der Waals surface area (Å²) < 4.78 is 5.75. The minimum absolute atomic E-state index is 0.414. The van der Waals surface area contributed by atoms with E-state index in [1.54, 1.807) is 24.3 Å². The summed E-state index contributed by atoms with van der Waals surface area (Å²) in [7, 11) is 0. The smallest absolute Gasteiger partial charge is 0.248 e. The molecule has 0 bridgehead atoms. The molecule has 1 aliphatic rings. The second-order valence-corrected chi connectivity index (χ2v) is 6.24. The Morgan fingerprint density at radius 3 is 2.58 bits per heavy atom. The van der Waals surface area contributed by atoms with E-state index < -0.39 is 5.91 Å². The zero-order valence-electron chi connectivity index (χ0n) is 13.9. The van der Waals surface area contributed by atoms with Crippen LogP contribution in [0, 0.1) is 0 Å². The summed E-state index contributed by atoms with van der Waals surface area (Å²) in [5.74, 6) is 0.365. The summed E-state index contributed by atoms with van der Waals surface area (Å²) in [5, 5.41) is 0. The Hall–Kier alpha value is -2.33. The molecular weight excluding hydrogens is 300 g/mol. The number of carbonyl (C=O) groups is 1. The number of aryl methyl sites for hydroxylation is 1. The van der Waals surface area contributed by atoms with Crippen LogP contribution in [0.25, 0.3) is 0 Å². The second-order valence-electron chi connectivity index (χ2n) is 6.24. The van der Waals surface area contributed by atoms with Gasteiger partial charge >= 0.3 is 0 Å². The largest absolute Gasteiger partial charge is 0.494 e. The van der Waals surface area contributed by atoms with Crippen LogP contribution in [-0.4, -0.2) is 30.5 Å². The van der Waals surface area contributed by atoms with Gasteiger partial charge < -0.3 is 10.5 Å². The van der Waals surface area contributed by atoms with Gasteiger partial charge in [-0.2, -0.15) is 0 Å². The fourth-order valence-corrected chi connectivity index (χ4v) is 3.15. The van der Waals surface area contributed by atoms with E-state index >= 15 is 0 Å². The summed E-state index contributed by atoms with van der Waals surface area (Å²) in [6, 6.07) is 15.7. The summed E-state index contributed by atoms with van der Waals surface area (Å²) in [6.45, 7) is 3.88. The molecule has 0 radical (unpaired) electrons. The Kier molecular flexibility index (Phi) is 5.49. The van der Waals surface area contributed by atoms with E-state index in [4.69, 9.17) is 10.5 Å². The zero-order valence-corrected chi connectivity index (χ0v) is 13.9. The number of benzene rings is 2. The first-order valence-corrected chi connectivity index (χ1v) is 8.54. The molecule has 3 rings (SSSR count). The highest BCUT2D eigenvalue weighted by Gasteiger charge is 2.13. The molecule has 0 aliphatic carbocycles. The van der Waals surface area contributed by atoms with E-state index in [0.29, 0.717) is 12.2 Å². The fourth-order valence-electron chi connectivity index (χ4n) is 3.15. The van der Waals surface area contributed by atoms with E-state index in [-0.39, 0.29) is 0 Å². The molecule has 1 amide bonds. The lowest BCUT2D eigenvalue weighted by molar-refractivity contribution is 0.100. The Bertz CT molecular complexity index is 682. The normalized spacial score (nSPS) is 14.7. The van der Waals surface area contributed by atoms with Crippen molar-refractivity contribution in [2.45, 2.75) is 25.8 Å². The highest BCUT2D eigenvalue weighted by molar-refractivity contribution is 5.92. The number of primary amides is 1. The molecule has 0 unspecified atom stereocenters. The molecular formula is C20H24N2O2. The minimum Gasteiger partial charge on any atom is -0.494 e. The van der Waals surface area contributed by atoms with Gasteiger partial charge in [-0.05, 0) is 61.2 Å². The van der Waals surface area contributed by atoms with Crippen LogP contribution in [0.1, 0.15) is 34.3 Å². The van der Waals surface area contributed by atoms with E-state index in [1.165, 1.54) is 24.0 Å². The predicted octanol–water partition coefficient (Wildman–Crippen LogP) is 3.00. The molecule has 126 valence electrons. The van der Waals surface area contributed by atoms with Gasteiger partial charge in [0.2, 0.25) is 5.91 Å². The Labute approximate surface area is 143 Å². The zero-order chi connectivity index (χ0) is 16.8. The monoisotopic (exact) mass is 324 g/mol. The topological polar surface area (TPSA) is 55.6 Å². The highest BCUT2D eigenvalue weighted by atomic mass is 16.5. The number of nitrogens with two attached hydrogens (primary N) is 1. The lowest BCUT2D eigenvalue weighted by Crippen LogP contribution is -2.25. The number of nitrogens with zero attached hydrogens (tertiary/aromatic N) is 1. The number of carbonyl (C=O) groups excluding carboxylic acids is 1. The van der Waals surface area contributed by atoms with Gasteiger partial charge in [0.25, 0.3) is 0 Å². The Morgan fingerprint density at radius 2 is 1.83 bits per heavy atom. The molecule has 1 aliphatic heterocycles. The standard InChI is InChI=1S/C20H24N2O2/c21-20(23)17-8-10-19(11-9-17)24-14-4-13-22-12-3-7-16-5-1-2-6-18(16)15-22/h1-2,5-6,8-11H,3-4,7,12-15H2,(H2,21,23). The lowest BCUT2D eigenvalue weighted by atomic mass is 10.0. The van der Waals surface area contributed by atoms with Crippen molar-refractivity contribution in [1.29, 1.82) is 0 Å². The predicted molar refractivity (Wildman–Crippen MR) is 95.1 cm³/mol. The number of ether oxygens (including phenoxy) is 1. The maximum Gasteiger partial charge on any atom is 0.248 e. The third-order valence-electron chi connectivity index (χ3n) is 4.46. The molecule has 0 fully saturated rings. The van der Waals surface area contributed by atoms with Gasteiger partial charge in [0.1, 0.15) is 5.75 Å². The molecule has 4 nitrogen and oxygen atoms in total. The van der Waals surface area contributed by atoms with Gasteiger partial charge in [0.05, 0.1) is 6.61 Å². The van der Waals surface area contributed by atoms with Crippen molar-refractivity contribution in [3.8, 4) is 5.75 Å². The third-order valence-corrected chi connectivity index (χ3v) is 4.46. The maximum atomic E-state index is 11.0. The van der Waals surface area contributed by atoms with Crippen LogP contribution >= 0.6 is 0 Å². The first-order valence-electron chi connectivity index (χ1n) is 8.54. The lowest BCUT2D eigenvalue weighted by Gasteiger charge is -2.20. The molecule has 4 heteroatoms. The minimum atomic E-state index is -0.414. The van der Waals surface area contributed by atoms with E-state index in [1.807, 2.05) is 0 Å². The number of rotatable bonds is 6. The summed E-state index contributed by atoms with van der Waals surface area (Å²) in [4.78, 5) is 13.5. The molecule has 0 saturated heterocycles. The van der Waals surface area contributed by atoms with Crippen molar-refractivity contribution >= 4 is 5.91 Å². The molecule has 2 N–H and O–H groups in total. The van der Waals surface area contributed by atoms with Gasteiger partial charge in [-0.3, -0.25) is 9.69 Å². The average Bonchev–Trinajstić information content (AvgIpc) is 2.81. The molecule has 0 atom stereocenters. The van der Waals surface area contributed by atoms with Crippen LogP contribution in [0.15, 0.2) is 48.5 Å². The van der Waals surface area contributed by atoms with E-state index in [9.17, 15) is 4.79 Å². The molecule has 0 saturated carbocycles. The summed E-state index contributed by atoms with van der Waals surface area (Å²) >= 11 is 0. The van der Waals surface area contributed by atoms with E-state index in [2.05, 4.69) is 29.2 Å². The SMILES string of the molecule is NC(=O)c1ccc(OCCCN2CCCc3ccccc3C2)cc1. The number of fused-ring (bicyclic) bond motifs is 1. The Morgan fingerprint density at radius 1 is 1.08 bits per heavy atom. The van der Waals surface area contributed by atoms with Gasteiger partial charge in [-0.25, -0.2) is 0 Å².